The van der Waals surface area contributed by atoms with E-state index in [1.54, 1.807) is 6.07 Å². The van der Waals surface area contributed by atoms with E-state index in [0.717, 1.165) is 70.3 Å². The molecule has 6 nitrogen and oxygen atoms in total. The van der Waals surface area contributed by atoms with Crippen molar-refractivity contribution in [2.24, 2.45) is 0 Å². The first-order chi connectivity index (χ1) is 19.1. The predicted molar refractivity (Wildman–Crippen MR) is 154 cm³/mol. The maximum absolute atomic E-state index is 13.1. The maximum Gasteiger partial charge on any atom is 0.341 e. The molecular formula is C33H41NO5. The highest BCUT2D eigenvalue weighted by molar-refractivity contribution is 6.01. The quantitative estimate of drug-likeness (QED) is 0.0877. The number of phenols is 1. The molecule has 1 N–H and O–H groups in total. The Balaban J connectivity index is 1.38. The standard InChI is InChI=1S/C33H41NO5/c1-38-33(37)30-24-29(19-20-31(30)35)32(36)26-34(25-28-17-8-5-9-18-28)21-11-2-3-12-22-39-23-13-10-16-27-14-6-4-7-15-27/h4-9,14-15,17-20,24,35H,2-3,10-13,16,21-23,25-26H2,1H3/i32+1. The number of benzene rings is 3. The van der Waals surface area contributed by atoms with Gasteiger partial charge in [0.1, 0.15) is 11.3 Å². The highest BCUT2D eigenvalue weighted by Gasteiger charge is 2.18. The van der Waals surface area contributed by atoms with Crippen molar-refractivity contribution in [2.75, 3.05) is 33.4 Å². The van der Waals surface area contributed by atoms with Crippen molar-refractivity contribution in [1.82, 2.24) is 4.90 Å². The van der Waals surface area contributed by atoms with Crippen LogP contribution in [-0.4, -0.2) is 55.2 Å². The normalized spacial score (nSPS) is 11.0. The SMILES string of the molecule is COC(=O)c1cc([13C](=O)CN(CCCCCCOCCCCc2ccccc2)Cc2ccccc2)ccc1O. The summed E-state index contributed by atoms with van der Waals surface area (Å²) in [6.45, 7) is 3.30. The number of nitrogens with zero attached hydrogens (tertiary/aromatic N) is 1. The molecule has 6 heteroatoms. The lowest BCUT2D eigenvalue weighted by Gasteiger charge is -2.22. The van der Waals surface area contributed by atoms with Gasteiger partial charge in [0.15, 0.2) is 5.78 Å². The van der Waals surface area contributed by atoms with Gasteiger partial charge in [-0.15, -0.1) is 0 Å². The van der Waals surface area contributed by atoms with Crippen LogP contribution in [0.15, 0.2) is 78.9 Å². The van der Waals surface area contributed by atoms with Crippen LogP contribution in [0.1, 0.15) is 70.4 Å². The van der Waals surface area contributed by atoms with Gasteiger partial charge >= 0.3 is 5.97 Å². The molecule has 0 unspecified atom stereocenters. The third-order valence-electron chi connectivity index (χ3n) is 6.70. The Morgan fingerprint density at radius 2 is 1.41 bits per heavy atom. The number of phenolic OH excluding ortho intramolecular Hbond substituents is 1. The predicted octanol–water partition coefficient (Wildman–Crippen LogP) is 6.46. The van der Waals surface area contributed by atoms with Crippen LogP contribution in [0, 0.1) is 0 Å². The van der Waals surface area contributed by atoms with E-state index in [-0.39, 0.29) is 23.6 Å². The number of hydrogen-bond acceptors (Lipinski definition) is 6. The minimum atomic E-state index is -0.667. The molecule has 0 heterocycles. The number of rotatable bonds is 18. The van der Waals surface area contributed by atoms with E-state index in [1.165, 1.54) is 24.8 Å². The van der Waals surface area contributed by atoms with Gasteiger partial charge < -0.3 is 14.6 Å². The number of aromatic hydroxyl groups is 1. The van der Waals surface area contributed by atoms with E-state index < -0.39 is 5.97 Å². The number of ether oxygens (including phenoxy) is 2. The molecule has 0 aromatic heterocycles. The third kappa shape index (κ3) is 11.0. The minimum Gasteiger partial charge on any atom is -0.507 e. The third-order valence-corrected chi connectivity index (χ3v) is 6.70. The summed E-state index contributed by atoms with van der Waals surface area (Å²) in [6, 6.07) is 25.0. The molecule has 0 radical (unpaired) electrons. The number of methoxy groups -OCH3 is 1. The second-order valence-corrected chi connectivity index (χ2v) is 9.81. The monoisotopic (exact) mass is 532 g/mol. The van der Waals surface area contributed by atoms with Gasteiger partial charge in [-0.3, -0.25) is 9.69 Å². The van der Waals surface area contributed by atoms with Gasteiger partial charge in [0.2, 0.25) is 0 Å². The summed E-state index contributed by atoms with van der Waals surface area (Å²) < 4.78 is 10.5. The van der Waals surface area contributed by atoms with Crippen LogP contribution in [0.2, 0.25) is 0 Å². The molecule has 0 saturated carbocycles. The lowest BCUT2D eigenvalue weighted by molar-refractivity contribution is 0.0597. The molecule has 0 spiro atoms. The molecule has 208 valence electrons. The summed E-state index contributed by atoms with van der Waals surface area (Å²) in [5, 5.41) is 9.97. The highest BCUT2D eigenvalue weighted by Crippen LogP contribution is 2.20. The number of esters is 1. The number of carbonyl (C=O) groups excluding carboxylic acids is 2. The number of hydrogen-bond donors (Lipinski definition) is 1. The van der Waals surface area contributed by atoms with Gasteiger partial charge in [0.05, 0.1) is 13.7 Å². The lowest BCUT2D eigenvalue weighted by atomic mass is 10.1. The van der Waals surface area contributed by atoms with E-state index >= 15 is 0 Å². The fourth-order valence-electron chi connectivity index (χ4n) is 4.51. The molecule has 3 aromatic rings. The zero-order valence-electron chi connectivity index (χ0n) is 23.0. The van der Waals surface area contributed by atoms with E-state index in [2.05, 4.69) is 41.3 Å². The van der Waals surface area contributed by atoms with Crippen molar-refractivity contribution in [2.45, 2.75) is 51.5 Å². The first-order valence-electron chi connectivity index (χ1n) is 13.9. The summed E-state index contributed by atoms with van der Waals surface area (Å²) in [7, 11) is 1.25. The Morgan fingerprint density at radius 1 is 0.769 bits per heavy atom. The summed E-state index contributed by atoms with van der Waals surface area (Å²) in [6.07, 6.45) is 7.53. The number of ketones is 1. The van der Waals surface area contributed by atoms with Crippen molar-refractivity contribution in [3.63, 3.8) is 0 Å². The van der Waals surface area contributed by atoms with Crippen LogP contribution in [0.5, 0.6) is 5.75 Å². The second-order valence-electron chi connectivity index (χ2n) is 9.81. The van der Waals surface area contributed by atoms with E-state index in [4.69, 9.17) is 9.47 Å². The fraction of sp³-hybridized carbons (Fsp3) is 0.394. The number of unbranched alkanes of at least 4 members (excludes halogenated alkanes) is 4. The average Bonchev–Trinajstić information content (AvgIpc) is 2.96. The van der Waals surface area contributed by atoms with E-state index in [9.17, 15) is 14.7 Å². The molecule has 0 aliphatic carbocycles. The maximum atomic E-state index is 13.1. The summed E-state index contributed by atoms with van der Waals surface area (Å²) in [5.41, 5.74) is 2.91. The Kier molecular flexibility index (Phi) is 13.2. The van der Waals surface area contributed by atoms with Gasteiger partial charge in [-0.25, -0.2) is 4.79 Å². The Morgan fingerprint density at radius 3 is 2.10 bits per heavy atom. The van der Waals surface area contributed by atoms with Crippen LogP contribution in [0.25, 0.3) is 0 Å². The van der Waals surface area contributed by atoms with Crippen LogP contribution in [0.3, 0.4) is 0 Å². The van der Waals surface area contributed by atoms with Crippen LogP contribution >= 0.6 is 0 Å². The van der Waals surface area contributed by atoms with E-state index in [0.29, 0.717) is 12.1 Å². The molecule has 0 aliphatic rings. The van der Waals surface area contributed by atoms with E-state index in [1.807, 2.05) is 24.3 Å². The molecule has 0 atom stereocenters. The number of carbonyl (C=O) groups is 2. The fourth-order valence-corrected chi connectivity index (χ4v) is 4.51. The van der Waals surface area contributed by atoms with Crippen molar-refractivity contribution < 1.29 is 24.2 Å². The highest BCUT2D eigenvalue weighted by atomic mass is 16.5. The summed E-state index contributed by atoms with van der Waals surface area (Å²) in [5.74, 6) is -0.966. The van der Waals surface area contributed by atoms with Crippen LogP contribution < -0.4 is 0 Å². The molecular weight excluding hydrogens is 491 g/mol. The first kappa shape index (κ1) is 30.1. The van der Waals surface area contributed by atoms with Gasteiger partial charge in [-0.1, -0.05) is 73.5 Å². The molecule has 0 aliphatic heterocycles. The van der Waals surface area contributed by atoms with Gasteiger partial charge in [-0.05, 0) is 68.0 Å². The number of aryl methyl sites for hydroxylation is 1. The zero-order valence-corrected chi connectivity index (χ0v) is 23.0. The summed E-state index contributed by atoms with van der Waals surface area (Å²) >= 11 is 0. The molecule has 3 aromatic carbocycles. The van der Waals surface area contributed by atoms with Gasteiger partial charge in [0, 0.05) is 25.3 Å². The van der Waals surface area contributed by atoms with Crippen LogP contribution in [-0.2, 0) is 22.4 Å². The zero-order chi connectivity index (χ0) is 27.7. The van der Waals surface area contributed by atoms with Crippen molar-refractivity contribution >= 4 is 11.8 Å². The first-order valence-corrected chi connectivity index (χ1v) is 13.9. The van der Waals surface area contributed by atoms with Crippen molar-refractivity contribution in [1.29, 1.82) is 0 Å². The Hall–Kier alpha value is -3.48. The molecule has 0 amide bonds. The molecule has 0 saturated heterocycles. The second kappa shape index (κ2) is 17.2. The van der Waals surface area contributed by atoms with Crippen LogP contribution in [0.4, 0.5) is 0 Å². The number of Topliss-reactive ketones (excluding diaryl/α,β-unsaturated/α-hetero) is 1. The van der Waals surface area contributed by atoms with Crippen molar-refractivity contribution in [3.8, 4) is 5.75 Å². The minimum absolute atomic E-state index is 0.00336. The van der Waals surface area contributed by atoms with Gasteiger partial charge in [-0.2, -0.15) is 0 Å². The van der Waals surface area contributed by atoms with Gasteiger partial charge in [0.25, 0.3) is 0 Å². The lowest BCUT2D eigenvalue weighted by Crippen LogP contribution is -2.30. The largest absolute Gasteiger partial charge is 0.507 e. The Bertz CT molecular complexity index is 1130. The molecule has 39 heavy (non-hydrogen) atoms. The molecule has 3 rings (SSSR count). The molecule has 0 fully saturated rings. The topological polar surface area (TPSA) is 76.1 Å². The summed E-state index contributed by atoms with van der Waals surface area (Å²) in [4.78, 5) is 27.2. The average molecular weight is 533 g/mol. The smallest absolute Gasteiger partial charge is 0.341 e. The molecule has 0 bridgehead atoms. The van der Waals surface area contributed by atoms with Crippen molar-refractivity contribution in [3.05, 3.63) is 101 Å². The Labute approximate surface area is 232 Å².